The summed E-state index contributed by atoms with van der Waals surface area (Å²) in [5.74, 6) is 0.847. The van der Waals surface area contributed by atoms with Crippen molar-refractivity contribution >= 4 is 9.84 Å². The van der Waals surface area contributed by atoms with Crippen LogP contribution in [-0.2, 0) is 9.84 Å². The van der Waals surface area contributed by atoms with E-state index in [9.17, 15) is 8.42 Å². The van der Waals surface area contributed by atoms with Crippen molar-refractivity contribution in [1.82, 2.24) is 0 Å². The van der Waals surface area contributed by atoms with Gasteiger partial charge in [-0.25, -0.2) is 8.42 Å². The molecule has 66 valence electrons. The molecule has 1 aliphatic rings. The second kappa shape index (κ2) is 6.28. The molecule has 0 unspecified atom stereocenters. The Bertz CT molecular complexity index is 210. The van der Waals surface area contributed by atoms with Gasteiger partial charge in [-0.05, 0) is 12.8 Å². The first kappa shape index (κ1) is 14.3. The summed E-state index contributed by atoms with van der Waals surface area (Å²) in [4.78, 5) is 8.25. The molecule has 6 nitrogen and oxygen atoms in total. The Morgan fingerprint density at radius 3 is 1.42 bits per heavy atom. The molecule has 0 bridgehead atoms. The average molecular weight is 189 g/mol. The fourth-order valence-electron chi connectivity index (χ4n) is 0.746. The maximum absolute atomic E-state index is 10.4. The number of sulfone groups is 1. The van der Waals surface area contributed by atoms with E-state index in [1.54, 1.807) is 0 Å². The van der Waals surface area contributed by atoms with Gasteiger partial charge in [0.1, 0.15) is 9.84 Å². The molecule has 0 spiro atoms. The van der Waals surface area contributed by atoms with Gasteiger partial charge in [0.2, 0.25) is 0 Å². The summed E-state index contributed by atoms with van der Waals surface area (Å²) >= 11 is 0. The van der Waals surface area contributed by atoms with Crippen molar-refractivity contribution in [3.8, 4) is 0 Å². The molecule has 8 heteroatoms. The van der Waals surface area contributed by atoms with E-state index >= 15 is 0 Å². The summed E-state index contributed by atoms with van der Waals surface area (Å²) < 4.78 is 20.9. The zero-order chi connectivity index (χ0) is 8.91. The van der Waals surface area contributed by atoms with Crippen LogP contribution in [0.15, 0.2) is 0 Å². The summed E-state index contributed by atoms with van der Waals surface area (Å²) in [5.41, 5.74) is 0. The average Bonchev–Trinajstić information content (AvgIpc) is 2.11. The van der Waals surface area contributed by atoms with Crippen LogP contribution in [0.3, 0.4) is 0 Å². The second-order valence-electron chi connectivity index (χ2n) is 2.08. The van der Waals surface area contributed by atoms with Gasteiger partial charge < -0.3 is 15.3 Å². The summed E-state index contributed by atoms with van der Waals surface area (Å²) in [6.45, 7) is 0. The maximum atomic E-state index is 10.4. The van der Waals surface area contributed by atoms with Gasteiger partial charge in [0, 0.05) is 0 Å². The van der Waals surface area contributed by atoms with Gasteiger partial charge in [-0.1, -0.05) is 0 Å². The van der Waals surface area contributed by atoms with Crippen LogP contribution in [0.2, 0.25) is 0 Å². The Hall–Kier alpha value is -0.253. The van der Waals surface area contributed by atoms with Gasteiger partial charge in [0.05, 0.1) is 16.6 Å². The number of hydrogen-bond acceptors (Lipinski definition) is 5. The van der Waals surface area contributed by atoms with Crippen molar-refractivity contribution in [1.29, 1.82) is 0 Å². The third kappa shape index (κ3) is 9.75. The Kier molecular flexibility index (Phi) is 7.48. The largest absolute Gasteiger partial charge is 1.00 e. The summed E-state index contributed by atoms with van der Waals surface area (Å²) in [6.07, 6.45) is 1.75. The second-order valence-corrected chi connectivity index (χ2v) is 4.39. The van der Waals surface area contributed by atoms with E-state index in [0.29, 0.717) is 11.5 Å². The number of rotatable bonds is 0. The predicted octanol–water partition coefficient (Wildman–Crippen LogP) is -3.04. The predicted molar refractivity (Wildman–Crippen MR) is 38.2 cm³/mol. The van der Waals surface area contributed by atoms with E-state index in [2.05, 4.69) is 0 Å². The van der Waals surface area contributed by atoms with Gasteiger partial charge in [-0.3, -0.25) is 0 Å². The van der Waals surface area contributed by atoms with Crippen molar-refractivity contribution in [2.45, 2.75) is 12.8 Å². The first-order chi connectivity index (χ1) is 4.94. The van der Waals surface area contributed by atoms with Crippen LogP contribution < -0.4 is 18.9 Å². The molecule has 0 saturated carbocycles. The van der Waals surface area contributed by atoms with Crippen LogP contribution >= 0.6 is 0 Å². The van der Waals surface area contributed by atoms with Crippen molar-refractivity contribution in [3.63, 3.8) is 0 Å². The monoisotopic (exact) mass is 189 g/mol. The van der Waals surface area contributed by atoms with Crippen molar-refractivity contribution < 1.29 is 32.4 Å². The molecule has 0 aromatic carbocycles. The first-order valence-electron chi connectivity index (χ1n) is 2.96. The minimum Gasteiger partial charge on any atom is -0.356 e. The quantitative estimate of drug-likeness (QED) is 0.229. The van der Waals surface area contributed by atoms with Crippen LogP contribution in [0.5, 0.6) is 0 Å². The van der Waals surface area contributed by atoms with Crippen LogP contribution in [0.1, 0.15) is 12.8 Å². The fourth-order valence-corrected chi connectivity index (χ4v) is 2.24. The minimum atomic E-state index is -2.55. The van der Waals surface area contributed by atoms with E-state index in [4.69, 9.17) is 15.3 Å². The van der Waals surface area contributed by atoms with Gasteiger partial charge in [0.25, 0.3) is 0 Å². The summed E-state index contributed by atoms with van der Waals surface area (Å²) in [7, 11) is -2.55. The molecule has 1 heterocycles. The molecule has 12 heavy (non-hydrogen) atoms. The molecule has 1 saturated heterocycles. The van der Waals surface area contributed by atoms with Crippen molar-refractivity contribution in [2.24, 2.45) is 0 Å². The smallest absolute Gasteiger partial charge is 0.356 e. The van der Waals surface area contributed by atoms with Crippen LogP contribution in [-0.4, -0.2) is 25.0 Å². The zero-order valence-electron chi connectivity index (χ0n) is 6.73. The molecule has 0 amide bonds. The molecule has 0 aromatic rings. The van der Waals surface area contributed by atoms with E-state index < -0.39 is 14.9 Å². The summed E-state index contributed by atoms with van der Waals surface area (Å²) in [6, 6.07) is 0. The van der Waals surface area contributed by atoms with Gasteiger partial charge in [0.15, 0.2) is 0 Å². The third-order valence-corrected chi connectivity index (χ3v) is 2.98. The molecular weight excluding hydrogens is 181 g/mol. The van der Waals surface area contributed by atoms with E-state index in [-0.39, 0.29) is 18.9 Å². The number of hydrogen-bond donors (Lipinski definition) is 0. The topological polar surface area (TPSA) is 100 Å². The number of nitrogens with zero attached hydrogens (tertiary/aromatic N) is 1. The molecule has 0 radical (unpaired) electrons. The molecule has 1 rings (SSSR count). The molecule has 0 aliphatic carbocycles. The van der Waals surface area contributed by atoms with Crippen LogP contribution in [0, 0.1) is 15.3 Å². The first-order valence-corrected chi connectivity index (χ1v) is 4.78. The van der Waals surface area contributed by atoms with E-state index in [1.807, 2.05) is 0 Å². The van der Waals surface area contributed by atoms with Gasteiger partial charge >= 0.3 is 18.9 Å². The minimum absolute atomic E-state index is 0. The fraction of sp³-hybridized carbons (Fsp3) is 1.00. The standard InChI is InChI=1S/C4H8O2S.Li.NO3/c5-7(6)3-1-2-4-7;;2-1(3)4/h1-4H2;;/q;+1;-1. The third-order valence-electron chi connectivity index (χ3n) is 1.16. The zero-order valence-corrected chi connectivity index (χ0v) is 7.54. The Morgan fingerprint density at radius 2 is 1.33 bits per heavy atom. The molecule has 1 fully saturated rings. The van der Waals surface area contributed by atoms with E-state index in [0.717, 1.165) is 12.8 Å². The normalized spacial score (nSPS) is 18.3. The molecule has 0 aromatic heterocycles. The maximum Gasteiger partial charge on any atom is 1.00 e. The Morgan fingerprint density at radius 1 is 1.08 bits per heavy atom. The SMILES string of the molecule is O=S1(=O)CCCC1.O=[N+]([O-])[O-].[Li+]. The Labute approximate surface area is 82.2 Å². The van der Waals surface area contributed by atoms with Crippen molar-refractivity contribution in [3.05, 3.63) is 15.3 Å². The van der Waals surface area contributed by atoms with Gasteiger partial charge in [-0.2, -0.15) is 0 Å². The molecule has 1 aliphatic heterocycles. The van der Waals surface area contributed by atoms with E-state index in [1.165, 1.54) is 0 Å². The molecular formula is C4H8LiNO5S. The molecule has 0 N–H and O–H groups in total. The van der Waals surface area contributed by atoms with Gasteiger partial charge in [-0.15, -0.1) is 0 Å². The van der Waals surface area contributed by atoms with Crippen molar-refractivity contribution in [2.75, 3.05) is 11.5 Å². The van der Waals surface area contributed by atoms with Crippen LogP contribution in [0.4, 0.5) is 0 Å². The Balaban J connectivity index is 0. The molecule has 0 atom stereocenters. The summed E-state index contributed by atoms with van der Waals surface area (Å²) in [5, 5.41) is 14.8. The van der Waals surface area contributed by atoms with Crippen LogP contribution in [0.25, 0.3) is 0 Å².